The average molecular weight is 255 g/mol. The molecule has 1 saturated heterocycles. The third-order valence-electron chi connectivity index (χ3n) is 4.39. The van der Waals surface area contributed by atoms with Gasteiger partial charge in [0.2, 0.25) is 5.91 Å². The van der Waals surface area contributed by atoms with Crippen molar-refractivity contribution in [3.8, 4) is 0 Å². The van der Waals surface area contributed by atoms with Gasteiger partial charge in [-0.1, -0.05) is 6.92 Å². The van der Waals surface area contributed by atoms with Crippen LogP contribution in [-0.4, -0.2) is 48.2 Å². The van der Waals surface area contributed by atoms with Gasteiger partial charge in [0.15, 0.2) is 0 Å². The van der Waals surface area contributed by atoms with Crippen molar-refractivity contribution in [2.24, 2.45) is 11.5 Å². The van der Waals surface area contributed by atoms with Crippen LogP contribution in [0.25, 0.3) is 0 Å². The number of primary amides is 1. The van der Waals surface area contributed by atoms with Gasteiger partial charge in [0.25, 0.3) is 0 Å². The minimum absolute atomic E-state index is 0.321. The van der Waals surface area contributed by atoms with Gasteiger partial charge in [0, 0.05) is 19.1 Å². The van der Waals surface area contributed by atoms with Crippen LogP contribution in [0.4, 0.5) is 0 Å². The van der Waals surface area contributed by atoms with Crippen molar-refractivity contribution in [3.05, 3.63) is 0 Å². The fraction of sp³-hybridized carbons (Fsp3) is 0.923. The first-order chi connectivity index (χ1) is 8.55. The van der Waals surface area contributed by atoms with Crippen LogP contribution >= 0.6 is 0 Å². The summed E-state index contributed by atoms with van der Waals surface area (Å²) in [7, 11) is 0. The van der Waals surface area contributed by atoms with Crippen LogP contribution in [0.3, 0.4) is 0 Å². The maximum Gasteiger partial charge on any atom is 0.237 e. The van der Waals surface area contributed by atoms with Crippen LogP contribution in [-0.2, 0) is 9.53 Å². The average Bonchev–Trinajstić information content (AvgIpc) is 2.39. The molecule has 4 N–H and O–H groups in total. The summed E-state index contributed by atoms with van der Waals surface area (Å²) < 4.78 is 5.68. The third kappa shape index (κ3) is 2.84. The van der Waals surface area contributed by atoms with Gasteiger partial charge in [-0.3, -0.25) is 9.69 Å². The summed E-state index contributed by atoms with van der Waals surface area (Å²) in [5.41, 5.74) is 10.8. The molecule has 3 atom stereocenters. The number of amides is 1. The van der Waals surface area contributed by atoms with Crippen molar-refractivity contribution >= 4 is 5.91 Å². The molecule has 1 saturated carbocycles. The van der Waals surface area contributed by atoms with Crippen LogP contribution in [0.2, 0.25) is 0 Å². The van der Waals surface area contributed by atoms with Gasteiger partial charge in [-0.2, -0.15) is 0 Å². The Bertz CT molecular complexity index is 311. The van der Waals surface area contributed by atoms with Crippen molar-refractivity contribution in [2.45, 2.75) is 56.7 Å². The topological polar surface area (TPSA) is 81.6 Å². The monoisotopic (exact) mass is 255 g/mol. The number of carbonyl (C=O) groups is 1. The Morgan fingerprint density at radius 1 is 1.56 bits per heavy atom. The van der Waals surface area contributed by atoms with Gasteiger partial charge >= 0.3 is 0 Å². The van der Waals surface area contributed by atoms with Gasteiger partial charge in [-0.15, -0.1) is 0 Å². The summed E-state index contributed by atoms with van der Waals surface area (Å²) in [4.78, 5) is 13.9. The Hall–Kier alpha value is -0.650. The molecular formula is C13H25N3O2. The highest BCUT2D eigenvalue weighted by Gasteiger charge is 2.40. The van der Waals surface area contributed by atoms with Gasteiger partial charge in [0.1, 0.15) is 0 Å². The first-order valence-corrected chi connectivity index (χ1v) is 6.99. The van der Waals surface area contributed by atoms with Crippen molar-refractivity contribution in [3.63, 3.8) is 0 Å². The Balaban J connectivity index is 1.98. The lowest BCUT2D eigenvalue weighted by Crippen LogP contribution is -2.59. The van der Waals surface area contributed by atoms with E-state index in [2.05, 4.69) is 11.8 Å². The SMILES string of the molecule is CCC1CN(C2CCCC(N)(C(N)=O)C2)CCO1. The second-order valence-corrected chi connectivity index (χ2v) is 5.67. The molecule has 0 radical (unpaired) electrons. The second-order valence-electron chi connectivity index (χ2n) is 5.67. The molecule has 2 rings (SSSR count). The molecule has 0 aromatic heterocycles. The van der Waals surface area contributed by atoms with Crippen molar-refractivity contribution in [2.75, 3.05) is 19.7 Å². The fourth-order valence-corrected chi connectivity index (χ4v) is 3.13. The smallest absolute Gasteiger partial charge is 0.237 e. The number of nitrogens with two attached hydrogens (primary N) is 2. The minimum Gasteiger partial charge on any atom is -0.376 e. The highest BCUT2D eigenvalue weighted by Crippen LogP contribution is 2.30. The Kier molecular flexibility index (Phi) is 4.25. The van der Waals surface area contributed by atoms with Gasteiger partial charge < -0.3 is 16.2 Å². The van der Waals surface area contributed by atoms with E-state index in [1.807, 2.05) is 0 Å². The zero-order valence-corrected chi connectivity index (χ0v) is 11.2. The predicted octanol–water partition coefficient (Wildman–Crippen LogP) is 0.223. The van der Waals surface area contributed by atoms with Crippen LogP contribution in [0.15, 0.2) is 0 Å². The Morgan fingerprint density at radius 2 is 2.33 bits per heavy atom. The van der Waals surface area contributed by atoms with Gasteiger partial charge in [-0.25, -0.2) is 0 Å². The largest absolute Gasteiger partial charge is 0.376 e. The molecule has 1 amide bonds. The molecule has 104 valence electrons. The maximum atomic E-state index is 11.5. The first-order valence-electron chi connectivity index (χ1n) is 6.99. The van der Waals surface area contributed by atoms with E-state index >= 15 is 0 Å². The van der Waals surface area contributed by atoms with Crippen LogP contribution in [0, 0.1) is 0 Å². The summed E-state index contributed by atoms with van der Waals surface area (Å²) in [6.07, 6.45) is 4.87. The molecule has 18 heavy (non-hydrogen) atoms. The summed E-state index contributed by atoms with van der Waals surface area (Å²) in [5, 5.41) is 0. The van der Waals surface area contributed by atoms with E-state index in [1.54, 1.807) is 0 Å². The van der Waals surface area contributed by atoms with Gasteiger partial charge in [-0.05, 0) is 32.1 Å². The molecule has 0 bridgehead atoms. The highest BCUT2D eigenvalue weighted by molar-refractivity contribution is 5.84. The first kappa shape index (κ1) is 13.8. The van der Waals surface area contributed by atoms with E-state index in [-0.39, 0.29) is 5.91 Å². The molecule has 0 aromatic carbocycles. The lowest BCUT2D eigenvalue weighted by Gasteiger charge is -2.44. The molecule has 1 aliphatic carbocycles. The van der Waals surface area contributed by atoms with E-state index in [1.165, 1.54) is 0 Å². The van der Waals surface area contributed by atoms with Crippen molar-refractivity contribution < 1.29 is 9.53 Å². The van der Waals surface area contributed by atoms with E-state index in [0.29, 0.717) is 18.6 Å². The summed E-state index contributed by atoms with van der Waals surface area (Å²) >= 11 is 0. The molecule has 1 aliphatic heterocycles. The number of nitrogens with zero attached hydrogens (tertiary/aromatic N) is 1. The number of morpholine rings is 1. The number of rotatable bonds is 3. The lowest BCUT2D eigenvalue weighted by molar-refractivity contribution is -0.125. The highest BCUT2D eigenvalue weighted by atomic mass is 16.5. The molecule has 1 heterocycles. The standard InChI is InChI=1S/C13H25N3O2/c1-2-11-9-16(6-7-18-11)10-4-3-5-13(15,8-10)12(14)17/h10-11H,2-9,15H2,1H3,(H2,14,17). The Morgan fingerprint density at radius 3 is 3.00 bits per heavy atom. The molecule has 5 nitrogen and oxygen atoms in total. The lowest BCUT2D eigenvalue weighted by atomic mass is 9.78. The zero-order valence-electron chi connectivity index (χ0n) is 11.2. The number of ether oxygens (including phenoxy) is 1. The third-order valence-corrected chi connectivity index (χ3v) is 4.39. The zero-order chi connectivity index (χ0) is 13.2. The maximum absolute atomic E-state index is 11.5. The number of hydrogen-bond acceptors (Lipinski definition) is 4. The molecule has 5 heteroatoms. The van der Waals surface area contributed by atoms with Crippen LogP contribution in [0.1, 0.15) is 39.0 Å². The normalized spacial score (nSPS) is 38.6. The minimum atomic E-state index is -0.803. The van der Waals surface area contributed by atoms with Crippen molar-refractivity contribution in [1.29, 1.82) is 0 Å². The Labute approximate surface area is 109 Å². The van der Waals surface area contributed by atoms with Gasteiger partial charge in [0.05, 0.1) is 18.2 Å². The molecule has 2 aliphatic rings. The predicted molar refractivity (Wildman–Crippen MR) is 70.0 cm³/mol. The molecule has 2 fully saturated rings. The van der Waals surface area contributed by atoms with E-state index < -0.39 is 5.54 Å². The van der Waals surface area contributed by atoms with Crippen LogP contribution in [0.5, 0.6) is 0 Å². The van der Waals surface area contributed by atoms with E-state index in [4.69, 9.17) is 16.2 Å². The van der Waals surface area contributed by atoms with E-state index in [0.717, 1.165) is 45.4 Å². The number of hydrogen-bond donors (Lipinski definition) is 2. The fourth-order valence-electron chi connectivity index (χ4n) is 3.13. The summed E-state index contributed by atoms with van der Waals surface area (Å²) in [5.74, 6) is -0.354. The second kappa shape index (κ2) is 5.55. The quantitative estimate of drug-likeness (QED) is 0.756. The van der Waals surface area contributed by atoms with Crippen molar-refractivity contribution in [1.82, 2.24) is 4.90 Å². The molecular weight excluding hydrogens is 230 g/mol. The molecule has 0 spiro atoms. The van der Waals surface area contributed by atoms with E-state index in [9.17, 15) is 4.79 Å². The molecule has 0 aromatic rings. The summed E-state index contributed by atoms with van der Waals surface area (Å²) in [6.45, 7) is 4.82. The summed E-state index contributed by atoms with van der Waals surface area (Å²) in [6, 6.07) is 0.384. The number of carbonyl (C=O) groups excluding carboxylic acids is 1. The van der Waals surface area contributed by atoms with Crippen LogP contribution < -0.4 is 11.5 Å². The molecule has 3 unspecified atom stereocenters.